The lowest BCUT2D eigenvalue weighted by Crippen LogP contribution is -2.27. The van der Waals surface area contributed by atoms with Gasteiger partial charge in [0, 0.05) is 6.92 Å². The number of esters is 2. The molecule has 114 valence electrons. The summed E-state index contributed by atoms with van der Waals surface area (Å²) in [5, 5.41) is 0. The number of hydrogen-bond acceptors (Lipinski definition) is 6. The minimum absolute atomic E-state index is 0.145. The van der Waals surface area contributed by atoms with E-state index in [-0.39, 0.29) is 13.4 Å². The minimum Gasteiger partial charge on any atom is -0.465 e. The van der Waals surface area contributed by atoms with Crippen molar-refractivity contribution < 1.29 is 28.5 Å². The number of halogens is 1. The third-order valence-corrected chi connectivity index (χ3v) is 3.65. The second kappa shape index (κ2) is 6.80. The molecule has 0 spiro atoms. The highest BCUT2D eigenvalue weighted by Gasteiger charge is 2.32. The average molecular weight is 359 g/mol. The van der Waals surface area contributed by atoms with Crippen molar-refractivity contribution >= 4 is 27.9 Å². The fraction of sp³-hybridized carbons (Fsp3) is 0.429. The zero-order chi connectivity index (χ0) is 15.4. The summed E-state index contributed by atoms with van der Waals surface area (Å²) in [5.41, 5.74) is 0.615. The molecule has 0 saturated carbocycles. The van der Waals surface area contributed by atoms with E-state index in [2.05, 4.69) is 15.9 Å². The van der Waals surface area contributed by atoms with E-state index in [0.29, 0.717) is 17.1 Å². The molecule has 2 atom stereocenters. The van der Waals surface area contributed by atoms with Crippen LogP contribution in [0.5, 0.6) is 11.5 Å². The number of carbonyl (C=O) groups excluding carboxylic acids is 2. The smallest absolute Gasteiger partial charge is 0.323 e. The van der Waals surface area contributed by atoms with Crippen LogP contribution in [0.15, 0.2) is 18.2 Å². The Balaban J connectivity index is 2.27. The molecule has 6 nitrogen and oxygen atoms in total. The second-order valence-electron chi connectivity index (χ2n) is 4.30. The molecule has 1 aliphatic rings. The number of ether oxygens (including phenoxy) is 4. The predicted molar refractivity (Wildman–Crippen MR) is 76.4 cm³/mol. The number of benzene rings is 1. The fourth-order valence-corrected chi connectivity index (χ4v) is 2.46. The van der Waals surface area contributed by atoms with Gasteiger partial charge in [-0.1, -0.05) is 22.0 Å². The van der Waals surface area contributed by atoms with Crippen LogP contribution in [0.25, 0.3) is 0 Å². The first-order valence-electron chi connectivity index (χ1n) is 6.40. The standard InChI is InChI=1S/C14H15BrO6/c1-3-18-14(17)12(15)13(21-8(2)16)9-4-5-10-11(6-9)20-7-19-10/h4-6,12-13H,3,7H2,1-2H3/t12-,13-/m0/s1. The van der Waals surface area contributed by atoms with E-state index in [4.69, 9.17) is 18.9 Å². The average Bonchev–Trinajstić information content (AvgIpc) is 2.91. The quantitative estimate of drug-likeness (QED) is 0.594. The molecule has 2 rings (SSSR count). The van der Waals surface area contributed by atoms with E-state index in [0.717, 1.165) is 0 Å². The summed E-state index contributed by atoms with van der Waals surface area (Å²) >= 11 is 3.23. The van der Waals surface area contributed by atoms with E-state index < -0.39 is 22.9 Å². The number of alkyl halides is 1. The van der Waals surface area contributed by atoms with Gasteiger partial charge in [0.25, 0.3) is 0 Å². The van der Waals surface area contributed by atoms with Crippen molar-refractivity contribution in [2.75, 3.05) is 13.4 Å². The van der Waals surface area contributed by atoms with Crippen molar-refractivity contribution in [1.29, 1.82) is 0 Å². The third-order valence-electron chi connectivity index (χ3n) is 2.80. The summed E-state index contributed by atoms with van der Waals surface area (Å²) in [7, 11) is 0. The minimum atomic E-state index is -0.809. The maximum Gasteiger partial charge on any atom is 0.323 e. The maximum absolute atomic E-state index is 11.9. The fourth-order valence-electron chi connectivity index (χ4n) is 1.91. The maximum atomic E-state index is 11.9. The van der Waals surface area contributed by atoms with Gasteiger partial charge in [0.15, 0.2) is 22.4 Å². The molecule has 1 aromatic carbocycles. The molecule has 0 saturated heterocycles. The monoisotopic (exact) mass is 358 g/mol. The van der Waals surface area contributed by atoms with Crippen LogP contribution < -0.4 is 9.47 Å². The van der Waals surface area contributed by atoms with E-state index in [9.17, 15) is 9.59 Å². The highest BCUT2D eigenvalue weighted by molar-refractivity contribution is 9.10. The first-order chi connectivity index (χ1) is 10.0. The highest BCUT2D eigenvalue weighted by Crippen LogP contribution is 2.37. The number of hydrogen-bond donors (Lipinski definition) is 0. The van der Waals surface area contributed by atoms with E-state index in [1.54, 1.807) is 25.1 Å². The van der Waals surface area contributed by atoms with Crippen molar-refractivity contribution in [3.63, 3.8) is 0 Å². The van der Waals surface area contributed by atoms with Crippen LogP contribution in [0.4, 0.5) is 0 Å². The summed E-state index contributed by atoms with van der Waals surface area (Å²) in [4.78, 5) is 22.3. The predicted octanol–water partition coefficient (Wildman–Crippen LogP) is 2.35. The molecule has 1 aliphatic heterocycles. The van der Waals surface area contributed by atoms with E-state index >= 15 is 0 Å². The summed E-state index contributed by atoms with van der Waals surface area (Å²) in [5.74, 6) is 0.170. The Hall–Kier alpha value is -1.76. The topological polar surface area (TPSA) is 71.1 Å². The van der Waals surface area contributed by atoms with Gasteiger partial charge in [-0.3, -0.25) is 9.59 Å². The van der Waals surface area contributed by atoms with Gasteiger partial charge in [0.05, 0.1) is 6.61 Å². The van der Waals surface area contributed by atoms with E-state index in [1.165, 1.54) is 6.92 Å². The SMILES string of the molecule is CCOC(=O)[C@@H](Br)[C@@H](OC(C)=O)c1ccc2c(c1)OCO2. The van der Waals surface area contributed by atoms with Gasteiger partial charge in [-0.2, -0.15) is 0 Å². The number of fused-ring (bicyclic) bond motifs is 1. The Labute approximate surface area is 130 Å². The Kier molecular flexibility index (Phi) is 5.06. The molecule has 0 unspecified atom stereocenters. The van der Waals surface area contributed by atoms with Crippen LogP contribution in [-0.4, -0.2) is 30.2 Å². The van der Waals surface area contributed by atoms with Crippen LogP contribution in [0.1, 0.15) is 25.5 Å². The second-order valence-corrected chi connectivity index (χ2v) is 5.28. The molecule has 1 aromatic rings. The molecular weight excluding hydrogens is 344 g/mol. The molecule has 0 amide bonds. The van der Waals surface area contributed by atoms with Gasteiger partial charge in [0.1, 0.15) is 0 Å². The van der Waals surface area contributed by atoms with Crippen LogP contribution in [0.2, 0.25) is 0 Å². The molecule has 0 bridgehead atoms. The van der Waals surface area contributed by atoms with Crippen molar-refractivity contribution in [3.8, 4) is 11.5 Å². The lowest BCUT2D eigenvalue weighted by molar-refractivity contribution is -0.152. The zero-order valence-electron chi connectivity index (χ0n) is 11.6. The molecule has 0 N–H and O–H groups in total. The molecule has 0 radical (unpaired) electrons. The van der Waals surface area contributed by atoms with Gasteiger partial charge in [-0.05, 0) is 24.6 Å². The van der Waals surface area contributed by atoms with Gasteiger partial charge in [0.2, 0.25) is 6.79 Å². The van der Waals surface area contributed by atoms with Crippen LogP contribution in [0, 0.1) is 0 Å². The van der Waals surface area contributed by atoms with Crippen molar-refractivity contribution in [1.82, 2.24) is 0 Å². The third kappa shape index (κ3) is 3.66. The van der Waals surface area contributed by atoms with Crippen molar-refractivity contribution in [3.05, 3.63) is 23.8 Å². The van der Waals surface area contributed by atoms with Gasteiger partial charge in [-0.25, -0.2) is 0 Å². The van der Waals surface area contributed by atoms with Gasteiger partial charge in [-0.15, -0.1) is 0 Å². The Morgan fingerprint density at radius 1 is 1.33 bits per heavy atom. The number of carbonyl (C=O) groups is 2. The Bertz CT molecular complexity index is 544. The van der Waals surface area contributed by atoms with E-state index in [1.807, 2.05) is 0 Å². The largest absolute Gasteiger partial charge is 0.465 e. The lowest BCUT2D eigenvalue weighted by atomic mass is 10.1. The first kappa shape index (κ1) is 15.6. The molecule has 7 heteroatoms. The molecule has 0 aliphatic carbocycles. The van der Waals surface area contributed by atoms with Gasteiger partial charge < -0.3 is 18.9 Å². The van der Waals surface area contributed by atoms with Crippen LogP contribution in [-0.2, 0) is 19.1 Å². The molecule has 1 heterocycles. The summed E-state index contributed by atoms with van der Waals surface area (Å²) in [6, 6.07) is 5.11. The molecular formula is C14H15BrO6. The van der Waals surface area contributed by atoms with Gasteiger partial charge >= 0.3 is 11.9 Å². The summed E-state index contributed by atoms with van der Waals surface area (Å²) < 4.78 is 20.7. The summed E-state index contributed by atoms with van der Waals surface area (Å²) in [6.07, 6.45) is -0.809. The first-order valence-corrected chi connectivity index (χ1v) is 7.32. The van der Waals surface area contributed by atoms with Crippen LogP contribution in [0.3, 0.4) is 0 Å². The molecule has 0 fully saturated rings. The van der Waals surface area contributed by atoms with Crippen LogP contribution >= 0.6 is 15.9 Å². The highest BCUT2D eigenvalue weighted by atomic mass is 79.9. The molecule has 21 heavy (non-hydrogen) atoms. The number of rotatable bonds is 5. The van der Waals surface area contributed by atoms with Crippen molar-refractivity contribution in [2.45, 2.75) is 24.8 Å². The molecule has 0 aromatic heterocycles. The Morgan fingerprint density at radius 3 is 2.71 bits per heavy atom. The van der Waals surface area contributed by atoms with Crippen molar-refractivity contribution in [2.24, 2.45) is 0 Å². The lowest BCUT2D eigenvalue weighted by Gasteiger charge is -2.21. The normalized spacial score (nSPS) is 15.2. The zero-order valence-corrected chi connectivity index (χ0v) is 13.2. The summed E-state index contributed by atoms with van der Waals surface area (Å²) in [6.45, 7) is 3.38. The Morgan fingerprint density at radius 2 is 2.05 bits per heavy atom.